The van der Waals surface area contributed by atoms with E-state index in [9.17, 15) is 9.50 Å². The zero-order chi connectivity index (χ0) is 10.2. The molecule has 0 amide bonds. The van der Waals surface area contributed by atoms with Crippen molar-refractivity contribution in [1.29, 1.82) is 0 Å². The molecule has 1 aromatic heterocycles. The van der Waals surface area contributed by atoms with Crippen LogP contribution in [0.4, 0.5) is 4.39 Å². The van der Waals surface area contributed by atoms with Gasteiger partial charge in [-0.3, -0.25) is 0 Å². The molecular weight excluding hydrogens is 185 g/mol. The van der Waals surface area contributed by atoms with E-state index in [-0.39, 0.29) is 5.88 Å². The molecule has 0 unspecified atom stereocenters. The van der Waals surface area contributed by atoms with E-state index < -0.39 is 11.4 Å². The van der Waals surface area contributed by atoms with Gasteiger partial charge in [0.1, 0.15) is 0 Å². The summed E-state index contributed by atoms with van der Waals surface area (Å²) in [5, 5.41) is 9.96. The smallest absolute Gasteiger partial charge is 0.250 e. The molecule has 1 heterocycles. The second-order valence-electron chi connectivity index (χ2n) is 3.57. The third-order valence-corrected chi connectivity index (χ3v) is 2.73. The number of aliphatic hydroxyl groups is 1. The van der Waals surface area contributed by atoms with Gasteiger partial charge in [-0.15, -0.1) is 0 Å². The van der Waals surface area contributed by atoms with Crippen LogP contribution in [0.2, 0.25) is 0 Å². The van der Waals surface area contributed by atoms with Gasteiger partial charge in [0.15, 0.2) is 5.82 Å². The summed E-state index contributed by atoms with van der Waals surface area (Å²) in [4.78, 5) is 3.72. The summed E-state index contributed by atoms with van der Waals surface area (Å²) in [6.07, 6.45) is 3.60. The first-order valence-corrected chi connectivity index (χ1v) is 4.59. The van der Waals surface area contributed by atoms with Gasteiger partial charge < -0.3 is 9.84 Å². The van der Waals surface area contributed by atoms with Crippen molar-refractivity contribution >= 4 is 0 Å². The maximum atomic E-state index is 13.6. The molecular formula is C10H12FNO2. The summed E-state index contributed by atoms with van der Waals surface area (Å²) in [6, 6.07) is 1.51. The Balaban J connectivity index is 2.43. The van der Waals surface area contributed by atoms with Crippen LogP contribution in [0.15, 0.2) is 12.3 Å². The second kappa shape index (κ2) is 3.20. The molecule has 1 aliphatic rings. The van der Waals surface area contributed by atoms with Gasteiger partial charge in [0.2, 0.25) is 5.88 Å². The standard InChI is InChI=1S/C10H12FNO2/c1-14-9-8(11)7(3-6-12-9)10(13)4-2-5-10/h3,6,13H,2,4-5H2,1H3. The summed E-state index contributed by atoms with van der Waals surface area (Å²) >= 11 is 0. The molecule has 0 saturated heterocycles. The molecule has 0 bridgehead atoms. The maximum Gasteiger partial charge on any atom is 0.250 e. The minimum atomic E-state index is -1.000. The third kappa shape index (κ3) is 1.26. The number of ether oxygens (including phenoxy) is 1. The number of pyridine rings is 1. The normalized spacial score (nSPS) is 18.8. The lowest BCUT2D eigenvalue weighted by atomic mass is 9.75. The van der Waals surface area contributed by atoms with Crippen molar-refractivity contribution in [3.63, 3.8) is 0 Å². The fourth-order valence-corrected chi connectivity index (χ4v) is 1.71. The number of hydrogen-bond donors (Lipinski definition) is 1. The van der Waals surface area contributed by atoms with Gasteiger partial charge in [-0.1, -0.05) is 0 Å². The van der Waals surface area contributed by atoms with E-state index in [1.807, 2.05) is 0 Å². The van der Waals surface area contributed by atoms with Gasteiger partial charge in [-0.2, -0.15) is 0 Å². The van der Waals surface area contributed by atoms with Crippen LogP contribution >= 0.6 is 0 Å². The topological polar surface area (TPSA) is 42.4 Å². The van der Waals surface area contributed by atoms with Crippen LogP contribution in [0, 0.1) is 5.82 Å². The molecule has 0 atom stereocenters. The summed E-state index contributed by atoms with van der Waals surface area (Å²) in [5.74, 6) is -0.597. The number of rotatable bonds is 2. The Morgan fingerprint density at radius 1 is 1.57 bits per heavy atom. The van der Waals surface area contributed by atoms with Gasteiger partial charge in [0.25, 0.3) is 0 Å². The van der Waals surface area contributed by atoms with Crippen molar-refractivity contribution in [3.8, 4) is 5.88 Å². The quantitative estimate of drug-likeness (QED) is 0.783. The van der Waals surface area contributed by atoms with E-state index in [1.54, 1.807) is 0 Å². The number of halogens is 1. The molecule has 0 aromatic carbocycles. The highest BCUT2D eigenvalue weighted by Gasteiger charge is 2.39. The maximum absolute atomic E-state index is 13.6. The van der Waals surface area contributed by atoms with Crippen LogP contribution in [0.5, 0.6) is 5.88 Å². The first-order chi connectivity index (χ1) is 6.67. The lowest BCUT2D eigenvalue weighted by molar-refractivity contribution is -0.0420. The van der Waals surface area contributed by atoms with E-state index in [4.69, 9.17) is 4.74 Å². The Morgan fingerprint density at radius 3 is 2.79 bits per heavy atom. The molecule has 1 aromatic rings. The summed E-state index contributed by atoms with van der Waals surface area (Å²) in [6.45, 7) is 0. The molecule has 1 aliphatic carbocycles. The Morgan fingerprint density at radius 2 is 2.29 bits per heavy atom. The first-order valence-electron chi connectivity index (χ1n) is 4.59. The molecule has 14 heavy (non-hydrogen) atoms. The van der Waals surface area contributed by atoms with E-state index in [0.717, 1.165) is 6.42 Å². The molecule has 76 valence electrons. The summed E-state index contributed by atoms with van der Waals surface area (Å²) < 4.78 is 18.4. The van der Waals surface area contributed by atoms with Crippen LogP contribution in [-0.2, 0) is 5.60 Å². The van der Waals surface area contributed by atoms with E-state index in [2.05, 4.69) is 4.98 Å². The average molecular weight is 197 g/mol. The zero-order valence-electron chi connectivity index (χ0n) is 7.96. The Kier molecular flexibility index (Phi) is 2.15. The number of nitrogens with zero attached hydrogens (tertiary/aromatic N) is 1. The van der Waals surface area contributed by atoms with Crippen molar-refractivity contribution < 1.29 is 14.2 Å². The highest BCUT2D eigenvalue weighted by atomic mass is 19.1. The zero-order valence-corrected chi connectivity index (χ0v) is 7.96. The van der Waals surface area contributed by atoms with Gasteiger partial charge in [-0.05, 0) is 25.3 Å². The Labute approximate surface area is 81.5 Å². The van der Waals surface area contributed by atoms with E-state index in [1.165, 1.54) is 19.4 Å². The minimum absolute atomic E-state index is 0.0529. The molecule has 0 radical (unpaired) electrons. The van der Waals surface area contributed by atoms with Crippen LogP contribution in [0.25, 0.3) is 0 Å². The Bertz CT molecular complexity index is 350. The summed E-state index contributed by atoms with van der Waals surface area (Å²) in [5.41, 5.74) is -0.698. The first kappa shape index (κ1) is 9.40. The second-order valence-corrected chi connectivity index (χ2v) is 3.57. The predicted molar refractivity (Wildman–Crippen MR) is 48.5 cm³/mol. The van der Waals surface area contributed by atoms with Crippen molar-refractivity contribution in [2.24, 2.45) is 0 Å². The molecule has 1 fully saturated rings. The third-order valence-electron chi connectivity index (χ3n) is 2.73. The van der Waals surface area contributed by atoms with Gasteiger partial charge in [-0.25, -0.2) is 9.37 Å². The average Bonchev–Trinajstić information content (AvgIpc) is 2.15. The summed E-state index contributed by atoms with van der Waals surface area (Å²) in [7, 11) is 1.36. The lowest BCUT2D eigenvalue weighted by Gasteiger charge is -2.37. The van der Waals surface area contributed by atoms with Crippen LogP contribution < -0.4 is 4.74 Å². The van der Waals surface area contributed by atoms with E-state index >= 15 is 0 Å². The van der Waals surface area contributed by atoms with Gasteiger partial charge >= 0.3 is 0 Å². The molecule has 2 rings (SSSR count). The molecule has 1 saturated carbocycles. The molecule has 4 heteroatoms. The predicted octanol–water partition coefficient (Wildman–Crippen LogP) is 1.60. The highest BCUT2D eigenvalue weighted by Crippen LogP contribution is 2.42. The largest absolute Gasteiger partial charge is 0.479 e. The molecule has 1 N–H and O–H groups in total. The van der Waals surface area contributed by atoms with Crippen molar-refractivity contribution in [1.82, 2.24) is 4.98 Å². The van der Waals surface area contributed by atoms with Crippen molar-refractivity contribution in [2.45, 2.75) is 24.9 Å². The van der Waals surface area contributed by atoms with Crippen LogP contribution in [-0.4, -0.2) is 17.2 Å². The van der Waals surface area contributed by atoms with Crippen molar-refractivity contribution in [2.75, 3.05) is 7.11 Å². The fraction of sp³-hybridized carbons (Fsp3) is 0.500. The highest BCUT2D eigenvalue weighted by molar-refractivity contribution is 5.30. The Hall–Kier alpha value is -1.16. The van der Waals surface area contributed by atoms with Crippen LogP contribution in [0.1, 0.15) is 24.8 Å². The monoisotopic (exact) mass is 197 g/mol. The van der Waals surface area contributed by atoms with Crippen LogP contribution in [0.3, 0.4) is 0 Å². The number of methoxy groups -OCH3 is 1. The minimum Gasteiger partial charge on any atom is -0.479 e. The number of hydrogen-bond acceptors (Lipinski definition) is 3. The number of aromatic nitrogens is 1. The SMILES string of the molecule is COc1nccc(C2(O)CCC2)c1F. The molecule has 0 spiro atoms. The van der Waals surface area contributed by atoms with Gasteiger partial charge in [0, 0.05) is 11.8 Å². The van der Waals surface area contributed by atoms with Gasteiger partial charge in [0.05, 0.1) is 12.7 Å². The fourth-order valence-electron chi connectivity index (χ4n) is 1.71. The molecule has 3 nitrogen and oxygen atoms in total. The molecule has 0 aliphatic heterocycles. The van der Waals surface area contributed by atoms with Crippen molar-refractivity contribution in [3.05, 3.63) is 23.6 Å². The lowest BCUT2D eigenvalue weighted by Crippen LogP contribution is -2.34. The van der Waals surface area contributed by atoms with E-state index in [0.29, 0.717) is 18.4 Å².